The monoisotopic (exact) mass is 462 g/mol. The van der Waals surface area contributed by atoms with E-state index in [1.54, 1.807) is 7.11 Å². The summed E-state index contributed by atoms with van der Waals surface area (Å²) in [6, 6.07) is 7.38. The first kappa shape index (κ1) is 23.0. The van der Waals surface area contributed by atoms with Gasteiger partial charge in [-0.1, -0.05) is 36.9 Å². The van der Waals surface area contributed by atoms with Gasteiger partial charge >= 0.3 is 0 Å². The van der Waals surface area contributed by atoms with E-state index in [-0.39, 0.29) is 23.7 Å². The second-order valence-corrected chi connectivity index (χ2v) is 8.91. The van der Waals surface area contributed by atoms with Crippen molar-refractivity contribution in [2.75, 3.05) is 18.2 Å². The summed E-state index contributed by atoms with van der Waals surface area (Å²) in [7, 11) is 1.62. The van der Waals surface area contributed by atoms with E-state index in [1.807, 2.05) is 56.5 Å². The summed E-state index contributed by atoms with van der Waals surface area (Å²) in [5, 5.41) is 21.5. The zero-order chi connectivity index (χ0) is 22.4. The number of thioether (sulfide) groups is 1. The molecule has 1 atom stereocenters. The quantitative estimate of drug-likeness (QED) is 0.448. The number of benzene rings is 1. The van der Waals surface area contributed by atoms with E-state index < -0.39 is 0 Å². The third-order valence-corrected chi connectivity index (χ3v) is 6.42. The predicted molar refractivity (Wildman–Crippen MR) is 121 cm³/mol. The first-order chi connectivity index (χ1) is 14.9. The van der Waals surface area contributed by atoms with Crippen LogP contribution in [0, 0.1) is 0 Å². The number of carbonyl (C=O) groups excluding carboxylic acids is 1. The van der Waals surface area contributed by atoms with Crippen LogP contribution >= 0.6 is 23.1 Å². The molecule has 1 aromatic carbocycles. The number of methoxy groups -OCH3 is 1. The molecule has 1 unspecified atom stereocenters. The molecule has 0 spiro atoms. The van der Waals surface area contributed by atoms with Gasteiger partial charge in [-0.15, -0.1) is 20.4 Å². The minimum absolute atomic E-state index is 0.161. The SMILES string of the molecule is CCn1c(SCC(=O)Nc2nnc(C(C)C)s2)nnc1C(C)Oc1ccc(OC)cc1. The molecule has 0 saturated heterocycles. The van der Waals surface area contributed by atoms with E-state index in [0.717, 1.165) is 10.8 Å². The Balaban J connectivity index is 1.60. The summed E-state index contributed by atoms with van der Waals surface area (Å²) in [4.78, 5) is 12.3. The van der Waals surface area contributed by atoms with Gasteiger partial charge in [-0.05, 0) is 38.1 Å². The lowest BCUT2D eigenvalue weighted by Crippen LogP contribution is -2.15. The van der Waals surface area contributed by atoms with E-state index in [4.69, 9.17) is 9.47 Å². The second kappa shape index (κ2) is 10.6. The molecular weight excluding hydrogens is 436 g/mol. The van der Waals surface area contributed by atoms with E-state index in [9.17, 15) is 4.79 Å². The highest BCUT2D eigenvalue weighted by Gasteiger charge is 2.20. The van der Waals surface area contributed by atoms with Crippen molar-refractivity contribution in [2.24, 2.45) is 0 Å². The van der Waals surface area contributed by atoms with Crippen molar-refractivity contribution in [1.29, 1.82) is 0 Å². The van der Waals surface area contributed by atoms with Crippen molar-refractivity contribution in [1.82, 2.24) is 25.0 Å². The van der Waals surface area contributed by atoms with Crippen molar-refractivity contribution in [3.8, 4) is 11.5 Å². The lowest BCUT2D eigenvalue weighted by molar-refractivity contribution is -0.113. The van der Waals surface area contributed by atoms with Crippen LogP contribution in [0.1, 0.15) is 50.5 Å². The zero-order valence-electron chi connectivity index (χ0n) is 18.2. The number of amides is 1. The maximum absolute atomic E-state index is 12.3. The first-order valence-corrected chi connectivity index (χ1v) is 11.7. The van der Waals surface area contributed by atoms with Gasteiger partial charge in [0.25, 0.3) is 0 Å². The number of anilines is 1. The van der Waals surface area contributed by atoms with Crippen molar-refractivity contribution in [2.45, 2.75) is 51.4 Å². The molecule has 3 aromatic rings. The van der Waals surface area contributed by atoms with Gasteiger partial charge in [-0.25, -0.2) is 0 Å². The standard InChI is InChI=1S/C20H26N6O3S2/c1-6-26-17(13(4)29-15-9-7-14(28-5)8-10-15)22-25-20(26)30-11-16(27)21-19-24-23-18(31-19)12(2)3/h7-10,12-13H,6,11H2,1-5H3,(H,21,24,27). The Labute approximate surface area is 189 Å². The number of carbonyl (C=O) groups is 1. The number of rotatable bonds is 10. The fraction of sp³-hybridized carbons (Fsp3) is 0.450. The molecule has 9 nitrogen and oxygen atoms in total. The Bertz CT molecular complexity index is 1000. The molecule has 0 bridgehead atoms. The van der Waals surface area contributed by atoms with Crippen LogP contribution in [0.2, 0.25) is 0 Å². The fourth-order valence-electron chi connectivity index (χ4n) is 2.72. The van der Waals surface area contributed by atoms with Crippen molar-refractivity contribution >= 4 is 34.1 Å². The Morgan fingerprint density at radius 3 is 2.45 bits per heavy atom. The summed E-state index contributed by atoms with van der Waals surface area (Å²) in [6.07, 6.45) is -0.306. The van der Waals surface area contributed by atoms with Crippen LogP contribution in [-0.2, 0) is 11.3 Å². The van der Waals surface area contributed by atoms with Gasteiger partial charge in [0, 0.05) is 12.5 Å². The number of nitrogens with one attached hydrogen (secondary N) is 1. The Morgan fingerprint density at radius 1 is 1.13 bits per heavy atom. The minimum atomic E-state index is -0.306. The zero-order valence-corrected chi connectivity index (χ0v) is 19.8. The highest BCUT2D eigenvalue weighted by molar-refractivity contribution is 7.99. The van der Waals surface area contributed by atoms with Gasteiger partial charge < -0.3 is 14.0 Å². The van der Waals surface area contributed by atoms with Crippen molar-refractivity contribution in [3.05, 3.63) is 35.1 Å². The lowest BCUT2D eigenvalue weighted by atomic mass is 10.2. The summed E-state index contributed by atoms with van der Waals surface area (Å²) in [6.45, 7) is 8.67. The third kappa shape index (κ3) is 5.95. The summed E-state index contributed by atoms with van der Waals surface area (Å²) < 4.78 is 13.1. The smallest absolute Gasteiger partial charge is 0.236 e. The summed E-state index contributed by atoms with van der Waals surface area (Å²) >= 11 is 2.71. The van der Waals surface area contributed by atoms with Gasteiger partial charge in [0.15, 0.2) is 17.1 Å². The van der Waals surface area contributed by atoms with Crippen LogP contribution in [-0.4, -0.2) is 43.7 Å². The third-order valence-electron chi connectivity index (χ3n) is 4.31. The molecule has 0 radical (unpaired) electrons. The average Bonchev–Trinajstić information content (AvgIpc) is 3.39. The largest absolute Gasteiger partial charge is 0.497 e. The average molecular weight is 463 g/mol. The van der Waals surface area contributed by atoms with Crippen LogP contribution in [0.4, 0.5) is 5.13 Å². The highest BCUT2D eigenvalue weighted by atomic mass is 32.2. The molecule has 2 aromatic heterocycles. The van der Waals surface area contributed by atoms with Crippen LogP contribution < -0.4 is 14.8 Å². The number of hydrogen-bond donors (Lipinski definition) is 1. The molecule has 0 fully saturated rings. The Kier molecular flexibility index (Phi) is 7.85. The number of nitrogens with zero attached hydrogens (tertiary/aromatic N) is 5. The second-order valence-electron chi connectivity index (χ2n) is 6.96. The maximum atomic E-state index is 12.3. The van der Waals surface area contributed by atoms with E-state index >= 15 is 0 Å². The van der Waals surface area contributed by atoms with Gasteiger partial charge in [0.05, 0.1) is 12.9 Å². The minimum Gasteiger partial charge on any atom is -0.497 e. The Hall–Kier alpha value is -2.66. The van der Waals surface area contributed by atoms with Crippen LogP contribution in [0.15, 0.2) is 29.4 Å². The molecule has 0 aliphatic carbocycles. The first-order valence-electron chi connectivity index (χ1n) is 9.91. The molecule has 0 aliphatic rings. The van der Waals surface area contributed by atoms with E-state index in [2.05, 4.69) is 25.7 Å². The van der Waals surface area contributed by atoms with Gasteiger partial charge in [0.2, 0.25) is 11.0 Å². The van der Waals surface area contributed by atoms with Gasteiger partial charge in [-0.2, -0.15) is 0 Å². The van der Waals surface area contributed by atoms with Crippen LogP contribution in [0.5, 0.6) is 11.5 Å². The van der Waals surface area contributed by atoms with E-state index in [0.29, 0.717) is 28.4 Å². The van der Waals surface area contributed by atoms with Crippen molar-refractivity contribution < 1.29 is 14.3 Å². The molecule has 3 rings (SSSR count). The maximum Gasteiger partial charge on any atom is 0.236 e. The summed E-state index contributed by atoms with van der Waals surface area (Å²) in [5.74, 6) is 2.50. The number of aromatic nitrogens is 5. The molecule has 1 N–H and O–H groups in total. The van der Waals surface area contributed by atoms with Crippen LogP contribution in [0.25, 0.3) is 0 Å². The van der Waals surface area contributed by atoms with Crippen molar-refractivity contribution in [3.63, 3.8) is 0 Å². The topological polar surface area (TPSA) is 104 Å². The van der Waals surface area contributed by atoms with E-state index in [1.165, 1.54) is 23.1 Å². The molecule has 2 heterocycles. The predicted octanol–water partition coefficient (Wildman–Crippen LogP) is 4.15. The highest BCUT2D eigenvalue weighted by Crippen LogP contribution is 2.26. The molecule has 0 saturated carbocycles. The van der Waals surface area contributed by atoms with Crippen LogP contribution in [0.3, 0.4) is 0 Å². The van der Waals surface area contributed by atoms with Gasteiger partial charge in [0.1, 0.15) is 16.5 Å². The number of hydrogen-bond acceptors (Lipinski definition) is 9. The Morgan fingerprint density at radius 2 is 1.84 bits per heavy atom. The number of ether oxygens (including phenoxy) is 2. The van der Waals surface area contributed by atoms with Gasteiger partial charge in [-0.3, -0.25) is 10.1 Å². The molecule has 11 heteroatoms. The molecule has 1 amide bonds. The molecule has 166 valence electrons. The molecular formula is C20H26N6O3S2. The summed E-state index contributed by atoms with van der Waals surface area (Å²) in [5.41, 5.74) is 0. The molecule has 31 heavy (non-hydrogen) atoms. The molecule has 0 aliphatic heterocycles. The fourth-order valence-corrected chi connectivity index (χ4v) is 4.29. The normalized spacial score (nSPS) is 12.1. The lowest BCUT2D eigenvalue weighted by Gasteiger charge is -2.15.